The van der Waals surface area contributed by atoms with E-state index in [0.717, 1.165) is 5.56 Å². The van der Waals surface area contributed by atoms with Crippen molar-refractivity contribution in [3.8, 4) is 11.4 Å². The molecule has 0 atom stereocenters. The van der Waals surface area contributed by atoms with Crippen LogP contribution in [0.2, 0.25) is 5.15 Å². The van der Waals surface area contributed by atoms with Gasteiger partial charge in [-0.3, -0.25) is 0 Å². The first-order valence-corrected chi connectivity index (χ1v) is 6.28. The van der Waals surface area contributed by atoms with Crippen LogP contribution in [0.15, 0.2) is 30.3 Å². The Kier molecular flexibility index (Phi) is 4.12. The third kappa shape index (κ3) is 2.90. The maximum absolute atomic E-state index is 11.7. The molecule has 19 heavy (non-hydrogen) atoms. The summed E-state index contributed by atoms with van der Waals surface area (Å²) in [5, 5.41) is 0.116. The molecule has 0 spiro atoms. The highest BCUT2D eigenvalue weighted by Gasteiger charge is 2.18. The number of aromatic nitrogens is 2. The molecule has 0 saturated carbocycles. The van der Waals surface area contributed by atoms with E-state index in [-0.39, 0.29) is 17.3 Å². The molecule has 2 rings (SSSR count). The van der Waals surface area contributed by atoms with Crippen molar-refractivity contribution in [2.45, 2.75) is 13.8 Å². The number of hydrogen-bond acceptors (Lipinski definition) is 4. The minimum atomic E-state index is -0.496. The zero-order chi connectivity index (χ0) is 13.8. The molecule has 0 N–H and O–H groups in total. The molecule has 0 saturated heterocycles. The van der Waals surface area contributed by atoms with Crippen LogP contribution in [0.25, 0.3) is 11.4 Å². The Morgan fingerprint density at radius 2 is 1.95 bits per heavy atom. The van der Waals surface area contributed by atoms with Crippen molar-refractivity contribution in [1.29, 1.82) is 0 Å². The van der Waals surface area contributed by atoms with Gasteiger partial charge in [0.05, 0.1) is 12.3 Å². The van der Waals surface area contributed by atoms with Gasteiger partial charge in [-0.05, 0) is 13.8 Å². The van der Waals surface area contributed by atoms with Crippen LogP contribution in [0, 0.1) is 6.92 Å². The number of carbonyl (C=O) groups excluding carboxylic acids is 1. The van der Waals surface area contributed by atoms with Gasteiger partial charge in [-0.15, -0.1) is 0 Å². The second kappa shape index (κ2) is 5.80. The van der Waals surface area contributed by atoms with Gasteiger partial charge >= 0.3 is 5.97 Å². The first-order chi connectivity index (χ1) is 9.13. The lowest BCUT2D eigenvalue weighted by molar-refractivity contribution is 0.0524. The van der Waals surface area contributed by atoms with Gasteiger partial charge in [0, 0.05) is 5.56 Å². The number of hydrogen-bond donors (Lipinski definition) is 0. The van der Waals surface area contributed by atoms with Crippen molar-refractivity contribution in [2.24, 2.45) is 0 Å². The van der Waals surface area contributed by atoms with Gasteiger partial charge in [0.1, 0.15) is 10.7 Å². The van der Waals surface area contributed by atoms with Crippen molar-refractivity contribution in [1.82, 2.24) is 9.97 Å². The van der Waals surface area contributed by atoms with Gasteiger partial charge in [-0.1, -0.05) is 41.9 Å². The summed E-state index contributed by atoms with van der Waals surface area (Å²) in [5.74, 6) is 0.000704. The molecule has 0 aliphatic rings. The molecule has 0 aliphatic carbocycles. The summed E-state index contributed by atoms with van der Waals surface area (Å²) in [6.45, 7) is 3.74. The van der Waals surface area contributed by atoms with Crippen molar-refractivity contribution in [3.63, 3.8) is 0 Å². The third-order valence-corrected chi connectivity index (χ3v) is 2.83. The van der Waals surface area contributed by atoms with Gasteiger partial charge in [0.2, 0.25) is 0 Å². The van der Waals surface area contributed by atoms with E-state index >= 15 is 0 Å². The van der Waals surface area contributed by atoms with Gasteiger partial charge in [0.25, 0.3) is 0 Å². The summed E-state index contributed by atoms with van der Waals surface area (Å²) < 4.78 is 4.93. The summed E-state index contributed by atoms with van der Waals surface area (Å²) >= 11 is 6.06. The molecule has 5 heteroatoms. The number of nitrogens with zero attached hydrogens (tertiary/aromatic N) is 2. The summed E-state index contributed by atoms with van der Waals surface area (Å²) in [4.78, 5) is 20.2. The maximum atomic E-state index is 11.7. The fourth-order valence-corrected chi connectivity index (χ4v) is 1.98. The van der Waals surface area contributed by atoms with Crippen LogP contribution in [-0.4, -0.2) is 22.5 Å². The lowest BCUT2D eigenvalue weighted by Crippen LogP contribution is -2.10. The minimum Gasteiger partial charge on any atom is -0.462 e. The largest absolute Gasteiger partial charge is 0.462 e. The van der Waals surface area contributed by atoms with Crippen LogP contribution in [0.1, 0.15) is 23.0 Å². The Bertz CT molecular complexity index is 577. The highest BCUT2D eigenvalue weighted by molar-refractivity contribution is 6.32. The highest BCUT2D eigenvalue weighted by Crippen LogP contribution is 2.22. The molecule has 0 unspecified atom stereocenters. The third-order valence-electron chi connectivity index (χ3n) is 2.56. The number of halogens is 1. The van der Waals surface area contributed by atoms with E-state index in [4.69, 9.17) is 16.3 Å². The molecule has 2 aromatic rings. The average molecular weight is 277 g/mol. The molecule has 1 aromatic heterocycles. The van der Waals surface area contributed by atoms with Crippen LogP contribution in [-0.2, 0) is 4.74 Å². The van der Waals surface area contributed by atoms with Crippen molar-refractivity contribution in [3.05, 3.63) is 46.7 Å². The van der Waals surface area contributed by atoms with E-state index in [0.29, 0.717) is 11.5 Å². The van der Waals surface area contributed by atoms with Crippen LogP contribution in [0.5, 0.6) is 0 Å². The maximum Gasteiger partial charge on any atom is 0.343 e. The first kappa shape index (κ1) is 13.5. The molecule has 1 heterocycles. The Morgan fingerprint density at radius 1 is 1.26 bits per heavy atom. The van der Waals surface area contributed by atoms with Crippen LogP contribution in [0.3, 0.4) is 0 Å². The smallest absolute Gasteiger partial charge is 0.343 e. The summed E-state index contributed by atoms with van der Waals surface area (Å²) in [7, 11) is 0. The fraction of sp³-hybridized carbons (Fsp3) is 0.214. The van der Waals surface area contributed by atoms with E-state index in [9.17, 15) is 4.79 Å². The molecule has 0 fully saturated rings. The SMILES string of the molecule is CCOC(=O)c1c(C)nc(-c2ccccc2)nc1Cl. The molecule has 1 aromatic carbocycles. The number of benzene rings is 1. The molecule has 98 valence electrons. The summed E-state index contributed by atoms with van der Waals surface area (Å²) in [5.41, 5.74) is 1.59. The van der Waals surface area contributed by atoms with E-state index in [1.54, 1.807) is 13.8 Å². The van der Waals surface area contributed by atoms with Crippen LogP contribution < -0.4 is 0 Å². The molecule has 0 aliphatic heterocycles. The predicted molar refractivity (Wildman–Crippen MR) is 73.2 cm³/mol. The molecule has 0 bridgehead atoms. The highest BCUT2D eigenvalue weighted by atomic mass is 35.5. The molecule has 0 radical (unpaired) electrons. The summed E-state index contributed by atoms with van der Waals surface area (Å²) in [6.07, 6.45) is 0. The zero-order valence-corrected chi connectivity index (χ0v) is 11.4. The number of carbonyl (C=O) groups is 1. The summed E-state index contributed by atoms with van der Waals surface area (Å²) in [6, 6.07) is 9.46. The Balaban J connectivity index is 2.45. The lowest BCUT2D eigenvalue weighted by atomic mass is 10.2. The normalized spacial score (nSPS) is 10.3. The molecular formula is C14H13ClN2O2. The zero-order valence-electron chi connectivity index (χ0n) is 10.7. The molecule has 0 amide bonds. The second-order valence-corrected chi connectivity index (χ2v) is 4.24. The quantitative estimate of drug-likeness (QED) is 0.638. The van der Waals surface area contributed by atoms with Crippen molar-refractivity contribution in [2.75, 3.05) is 6.61 Å². The van der Waals surface area contributed by atoms with Crippen molar-refractivity contribution < 1.29 is 9.53 Å². The Morgan fingerprint density at radius 3 is 2.53 bits per heavy atom. The predicted octanol–water partition coefficient (Wildman–Crippen LogP) is 3.28. The number of esters is 1. The topological polar surface area (TPSA) is 52.1 Å². The van der Waals surface area contributed by atoms with Crippen LogP contribution >= 0.6 is 11.6 Å². The number of rotatable bonds is 3. The minimum absolute atomic E-state index is 0.116. The standard InChI is InChI=1S/C14H13ClN2O2/c1-3-19-14(18)11-9(2)16-13(17-12(11)15)10-7-5-4-6-8-10/h4-8H,3H2,1-2H3. The number of aryl methyl sites for hydroxylation is 1. The molecular weight excluding hydrogens is 264 g/mol. The van der Waals surface area contributed by atoms with E-state index in [2.05, 4.69) is 9.97 Å². The molecule has 4 nitrogen and oxygen atoms in total. The van der Waals surface area contributed by atoms with Gasteiger partial charge < -0.3 is 4.74 Å². The number of ether oxygens (including phenoxy) is 1. The monoisotopic (exact) mass is 276 g/mol. The van der Waals surface area contributed by atoms with Crippen molar-refractivity contribution >= 4 is 17.6 Å². The van der Waals surface area contributed by atoms with Gasteiger partial charge in [-0.2, -0.15) is 0 Å². The van der Waals surface area contributed by atoms with E-state index < -0.39 is 5.97 Å². The van der Waals surface area contributed by atoms with E-state index in [1.807, 2.05) is 30.3 Å². The fourth-order valence-electron chi connectivity index (χ4n) is 1.69. The second-order valence-electron chi connectivity index (χ2n) is 3.88. The Labute approximate surface area is 116 Å². The van der Waals surface area contributed by atoms with E-state index in [1.165, 1.54) is 0 Å². The van der Waals surface area contributed by atoms with Gasteiger partial charge in [-0.25, -0.2) is 14.8 Å². The van der Waals surface area contributed by atoms with Gasteiger partial charge in [0.15, 0.2) is 5.82 Å². The first-order valence-electron chi connectivity index (χ1n) is 5.90. The average Bonchev–Trinajstić information content (AvgIpc) is 2.39. The van der Waals surface area contributed by atoms with Crippen LogP contribution in [0.4, 0.5) is 0 Å². The Hall–Kier alpha value is -1.94. The lowest BCUT2D eigenvalue weighted by Gasteiger charge is -2.08.